The summed E-state index contributed by atoms with van der Waals surface area (Å²) < 4.78 is 18.7. The molecule has 2 amide bonds. The summed E-state index contributed by atoms with van der Waals surface area (Å²) in [4.78, 5) is 26.0. The topological polar surface area (TPSA) is 58.6 Å². The van der Waals surface area contributed by atoms with Crippen molar-refractivity contribution in [2.75, 3.05) is 23.4 Å². The molecule has 0 atom stereocenters. The number of aryl methyl sites for hydroxylation is 1. The highest BCUT2D eigenvalue weighted by Crippen LogP contribution is 2.30. The van der Waals surface area contributed by atoms with Gasteiger partial charge in [0.25, 0.3) is 5.91 Å². The molecule has 1 aliphatic heterocycles. The summed E-state index contributed by atoms with van der Waals surface area (Å²) in [6, 6.07) is 11.5. The normalized spacial score (nSPS) is 13.1. The average molecular weight is 356 g/mol. The van der Waals surface area contributed by atoms with Crippen LogP contribution in [0, 0.1) is 5.82 Å². The van der Waals surface area contributed by atoms with Crippen LogP contribution in [0.15, 0.2) is 42.5 Å². The van der Waals surface area contributed by atoms with E-state index in [4.69, 9.17) is 4.74 Å². The molecule has 26 heavy (non-hydrogen) atoms. The molecule has 0 aromatic heterocycles. The molecule has 0 saturated carbocycles. The van der Waals surface area contributed by atoms with E-state index in [0.29, 0.717) is 18.7 Å². The number of halogens is 1. The first-order chi connectivity index (χ1) is 12.6. The third kappa shape index (κ3) is 4.02. The highest BCUT2D eigenvalue weighted by atomic mass is 19.1. The SMILES string of the molecule is CCC(=O)N1CCCc2ccc(NC(=O)COc3ccccc3F)cc21. The van der Waals surface area contributed by atoms with Crippen LogP contribution in [0.3, 0.4) is 0 Å². The number of anilines is 2. The number of amides is 2. The predicted octanol–water partition coefficient (Wildman–Crippen LogP) is 3.53. The van der Waals surface area contributed by atoms with Gasteiger partial charge >= 0.3 is 0 Å². The second-order valence-corrected chi connectivity index (χ2v) is 6.11. The molecule has 2 aromatic rings. The molecule has 0 radical (unpaired) electrons. The van der Waals surface area contributed by atoms with E-state index in [2.05, 4.69) is 5.32 Å². The lowest BCUT2D eigenvalue weighted by Crippen LogP contribution is -2.35. The van der Waals surface area contributed by atoms with Gasteiger partial charge < -0.3 is 15.0 Å². The van der Waals surface area contributed by atoms with Crippen molar-refractivity contribution in [1.82, 2.24) is 0 Å². The lowest BCUT2D eigenvalue weighted by atomic mass is 10.0. The van der Waals surface area contributed by atoms with Crippen LogP contribution in [0.1, 0.15) is 25.3 Å². The van der Waals surface area contributed by atoms with E-state index in [1.165, 1.54) is 12.1 Å². The number of benzene rings is 2. The summed E-state index contributed by atoms with van der Waals surface area (Å²) in [6.45, 7) is 2.23. The summed E-state index contributed by atoms with van der Waals surface area (Å²) in [6.07, 6.45) is 2.28. The molecule has 1 aliphatic rings. The zero-order valence-corrected chi connectivity index (χ0v) is 14.6. The molecule has 0 aliphatic carbocycles. The number of rotatable bonds is 5. The maximum atomic E-state index is 13.5. The molecule has 3 rings (SSSR count). The molecule has 0 bridgehead atoms. The molecule has 0 spiro atoms. The molecule has 0 saturated heterocycles. The Kier molecular flexibility index (Phi) is 5.51. The lowest BCUT2D eigenvalue weighted by molar-refractivity contribution is -0.119. The van der Waals surface area contributed by atoms with Gasteiger partial charge in [0.05, 0.1) is 0 Å². The zero-order valence-electron chi connectivity index (χ0n) is 14.6. The van der Waals surface area contributed by atoms with Gasteiger partial charge in [-0.15, -0.1) is 0 Å². The van der Waals surface area contributed by atoms with E-state index < -0.39 is 11.7 Å². The van der Waals surface area contributed by atoms with Crippen LogP contribution in [0.2, 0.25) is 0 Å². The van der Waals surface area contributed by atoms with Crippen molar-refractivity contribution in [3.05, 3.63) is 53.8 Å². The summed E-state index contributed by atoms with van der Waals surface area (Å²) in [5.74, 6) is -0.801. The Morgan fingerprint density at radius 1 is 1.23 bits per heavy atom. The minimum Gasteiger partial charge on any atom is -0.481 e. The average Bonchev–Trinajstić information content (AvgIpc) is 2.66. The molecular formula is C20H21FN2O3. The number of fused-ring (bicyclic) bond motifs is 1. The number of nitrogens with one attached hydrogen (secondary N) is 1. The summed E-state index contributed by atoms with van der Waals surface area (Å²) >= 11 is 0. The van der Waals surface area contributed by atoms with Crippen LogP contribution in [-0.2, 0) is 16.0 Å². The van der Waals surface area contributed by atoms with Gasteiger partial charge in [0.1, 0.15) is 0 Å². The van der Waals surface area contributed by atoms with E-state index in [0.717, 1.165) is 24.1 Å². The van der Waals surface area contributed by atoms with Gasteiger partial charge in [-0.1, -0.05) is 25.1 Å². The number of carbonyl (C=O) groups is 2. The Balaban J connectivity index is 1.67. The number of ether oxygens (including phenoxy) is 1. The maximum absolute atomic E-state index is 13.5. The lowest BCUT2D eigenvalue weighted by Gasteiger charge is -2.29. The van der Waals surface area contributed by atoms with Crippen molar-refractivity contribution < 1.29 is 18.7 Å². The molecule has 1 heterocycles. The first kappa shape index (κ1) is 17.9. The smallest absolute Gasteiger partial charge is 0.262 e. The Bertz CT molecular complexity index is 822. The van der Waals surface area contributed by atoms with Gasteiger partial charge in [0.15, 0.2) is 18.2 Å². The molecule has 0 fully saturated rings. The van der Waals surface area contributed by atoms with E-state index in [1.807, 2.05) is 19.1 Å². The highest BCUT2D eigenvalue weighted by Gasteiger charge is 2.22. The van der Waals surface area contributed by atoms with Crippen LogP contribution in [0.4, 0.5) is 15.8 Å². The third-order valence-electron chi connectivity index (χ3n) is 4.29. The Labute approximate surface area is 151 Å². The van der Waals surface area contributed by atoms with Gasteiger partial charge in [0, 0.05) is 24.3 Å². The maximum Gasteiger partial charge on any atom is 0.262 e. The van der Waals surface area contributed by atoms with Crippen molar-refractivity contribution in [1.29, 1.82) is 0 Å². The summed E-state index contributed by atoms with van der Waals surface area (Å²) in [5, 5.41) is 2.73. The van der Waals surface area contributed by atoms with Crippen molar-refractivity contribution in [2.24, 2.45) is 0 Å². The number of para-hydroxylation sites is 1. The zero-order chi connectivity index (χ0) is 18.5. The number of hydrogen-bond donors (Lipinski definition) is 1. The molecule has 5 nitrogen and oxygen atoms in total. The number of hydrogen-bond acceptors (Lipinski definition) is 3. The predicted molar refractivity (Wildman–Crippen MR) is 97.9 cm³/mol. The largest absolute Gasteiger partial charge is 0.481 e. The minimum absolute atomic E-state index is 0.0350. The molecular weight excluding hydrogens is 335 g/mol. The van der Waals surface area contributed by atoms with Crippen molar-refractivity contribution in [3.8, 4) is 5.75 Å². The van der Waals surface area contributed by atoms with E-state index in [1.54, 1.807) is 23.1 Å². The molecule has 0 unspecified atom stereocenters. The Morgan fingerprint density at radius 2 is 2.04 bits per heavy atom. The Morgan fingerprint density at radius 3 is 2.81 bits per heavy atom. The first-order valence-electron chi connectivity index (χ1n) is 8.69. The van der Waals surface area contributed by atoms with Crippen molar-refractivity contribution in [2.45, 2.75) is 26.2 Å². The van der Waals surface area contributed by atoms with Crippen LogP contribution in [0.25, 0.3) is 0 Å². The van der Waals surface area contributed by atoms with Crippen molar-refractivity contribution >= 4 is 23.2 Å². The first-order valence-corrected chi connectivity index (χ1v) is 8.69. The second-order valence-electron chi connectivity index (χ2n) is 6.11. The van der Waals surface area contributed by atoms with Crippen molar-refractivity contribution in [3.63, 3.8) is 0 Å². The summed E-state index contributed by atoms with van der Waals surface area (Å²) in [7, 11) is 0. The quantitative estimate of drug-likeness (QED) is 0.892. The second kappa shape index (κ2) is 7.99. The van der Waals surface area contributed by atoms with Crippen LogP contribution >= 0.6 is 0 Å². The minimum atomic E-state index is -0.511. The Hall–Kier alpha value is -2.89. The van der Waals surface area contributed by atoms with Crippen LogP contribution in [-0.4, -0.2) is 25.0 Å². The van der Waals surface area contributed by atoms with Gasteiger partial charge in [-0.05, 0) is 42.7 Å². The fraction of sp³-hybridized carbons (Fsp3) is 0.300. The fourth-order valence-electron chi connectivity index (χ4n) is 3.00. The number of carbonyl (C=O) groups excluding carboxylic acids is 2. The van der Waals surface area contributed by atoms with Gasteiger partial charge in [-0.25, -0.2) is 4.39 Å². The van der Waals surface area contributed by atoms with Gasteiger partial charge in [-0.2, -0.15) is 0 Å². The standard InChI is InChI=1S/C20H21FN2O3/c1-2-20(25)23-11-5-6-14-9-10-15(12-17(14)23)22-19(24)13-26-18-8-4-3-7-16(18)21/h3-4,7-10,12H,2,5-6,11,13H2,1H3,(H,22,24). The van der Waals surface area contributed by atoms with Gasteiger partial charge in [-0.3, -0.25) is 9.59 Å². The van der Waals surface area contributed by atoms with Crippen LogP contribution in [0.5, 0.6) is 5.75 Å². The fourth-order valence-corrected chi connectivity index (χ4v) is 3.00. The molecule has 1 N–H and O–H groups in total. The molecule has 136 valence electrons. The summed E-state index contributed by atoms with van der Waals surface area (Å²) in [5.41, 5.74) is 2.52. The van der Waals surface area contributed by atoms with Crippen LogP contribution < -0.4 is 15.0 Å². The van der Waals surface area contributed by atoms with Gasteiger partial charge in [0.2, 0.25) is 5.91 Å². The molecule has 2 aromatic carbocycles. The highest BCUT2D eigenvalue weighted by molar-refractivity contribution is 5.97. The third-order valence-corrected chi connectivity index (χ3v) is 4.29. The van der Waals surface area contributed by atoms with E-state index >= 15 is 0 Å². The monoisotopic (exact) mass is 356 g/mol. The number of nitrogens with zero attached hydrogens (tertiary/aromatic N) is 1. The van der Waals surface area contributed by atoms with E-state index in [-0.39, 0.29) is 18.3 Å². The molecule has 6 heteroatoms. The van der Waals surface area contributed by atoms with E-state index in [9.17, 15) is 14.0 Å².